The van der Waals surface area contributed by atoms with Crippen molar-refractivity contribution in [2.75, 3.05) is 0 Å². The summed E-state index contributed by atoms with van der Waals surface area (Å²) in [5.74, 6) is 5.16. The SMILES string of the molecule is CC1CC(C)C2CCCC2C(C)C1. The van der Waals surface area contributed by atoms with Gasteiger partial charge in [0.15, 0.2) is 0 Å². The predicted octanol–water partition coefficient (Wildman–Crippen LogP) is 4.10. The van der Waals surface area contributed by atoms with Crippen molar-refractivity contribution in [3.05, 3.63) is 0 Å². The molecule has 76 valence electrons. The second kappa shape index (κ2) is 3.63. The van der Waals surface area contributed by atoms with E-state index in [1.165, 1.54) is 32.1 Å². The molecule has 0 aliphatic heterocycles. The van der Waals surface area contributed by atoms with E-state index >= 15 is 0 Å². The molecule has 0 aromatic heterocycles. The highest BCUT2D eigenvalue weighted by Crippen LogP contribution is 2.47. The van der Waals surface area contributed by atoms with Crippen LogP contribution < -0.4 is 0 Å². The van der Waals surface area contributed by atoms with Gasteiger partial charge in [-0.25, -0.2) is 0 Å². The van der Waals surface area contributed by atoms with Crippen LogP contribution in [0.1, 0.15) is 52.9 Å². The summed E-state index contributed by atoms with van der Waals surface area (Å²) in [4.78, 5) is 0. The number of hydrogen-bond donors (Lipinski definition) is 0. The smallest absolute Gasteiger partial charge is 0.0357 e. The lowest BCUT2D eigenvalue weighted by Gasteiger charge is -2.25. The van der Waals surface area contributed by atoms with Gasteiger partial charge in [0, 0.05) is 0 Å². The van der Waals surface area contributed by atoms with Crippen molar-refractivity contribution in [3.8, 4) is 0 Å². The fraction of sp³-hybridized carbons (Fsp3) is 1.00. The van der Waals surface area contributed by atoms with Crippen molar-refractivity contribution in [1.29, 1.82) is 0 Å². The quantitative estimate of drug-likeness (QED) is 0.526. The molecule has 2 fully saturated rings. The van der Waals surface area contributed by atoms with Gasteiger partial charge in [0.2, 0.25) is 0 Å². The van der Waals surface area contributed by atoms with Crippen LogP contribution in [0.4, 0.5) is 0 Å². The molecule has 2 saturated carbocycles. The highest BCUT2D eigenvalue weighted by Gasteiger charge is 2.38. The summed E-state index contributed by atoms with van der Waals surface area (Å²) in [5, 5.41) is 0. The minimum absolute atomic E-state index is 0.982. The average Bonchev–Trinajstić information content (AvgIpc) is 2.47. The molecule has 0 heterocycles. The Morgan fingerprint density at radius 2 is 1.23 bits per heavy atom. The first-order valence-corrected chi connectivity index (χ1v) is 6.18. The molecule has 2 rings (SSSR count). The molecule has 0 aromatic carbocycles. The molecular weight excluding hydrogens is 156 g/mol. The van der Waals surface area contributed by atoms with Crippen LogP contribution in [0.3, 0.4) is 0 Å². The Morgan fingerprint density at radius 1 is 0.769 bits per heavy atom. The minimum Gasteiger partial charge on any atom is -0.0625 e. The normalized spacial score (nSPS) is 51.5. The van der Waals surface area contributed by atoms with Crippen molar-refractivity contribution < 1.29 is 0 Å². The van der Waals surface area contributed by atoms with E-state index in [1.807, 2.05) is 0 Å². The molecule has 13 heavy (non-hydrogen) atoms. The Balaban J connectivity index is 2.12. The molecule has 0 heteroatoms. The van der Waals surface area contributed by atoms with Crippen LogP contribution in [0.5, 0.6) is 0 Å². The molecule has 4 atom stereocenters. The number of rotatable bonds is 0. The summed E-state index contributed by atoms with van der Waals surface area (Å²) in [6.45, 7) is 7.45. The zero-order chi connectivity index (χ0) is 9.42. The van der Waals surface area contributed by atoms with Gasteiger partial charge >= 0.3 is 0 Å². The minimum atomic E-state index is 0.982. The van der Waals surface area contributed by atoms with Gasteiger partial charge in [-0.1, -0.05) is 27.2 Å². The van der Waals surface area contributed by atoms with Crippen molar-refractivity contribution in [2.45, 2.75) is 52.9 Å². The second-order valence-corrected chi connectivity index (χ2v) is 5.79. The summed E-state index contributed by atoms with van der Waals surface area (Å²) in [7, 11) is 0. The van der Waals surface area contributed by atoms with Gasteiger partial charge < -0.3 is 0 Å². The van der Waals surface area contributed by atoms with E-state index < -0.39 is 0 Å². The molecule has 0 spiro atoms. The van der Waals surface area contributed by atoms with Gasteiger partial charge in [0.1, 0.15) is 0 Å². The van der Waals surface area contributed by atoms with Crippen LogP contribution in [0.25, 0.3) is 0 Å². The summed E-state index contributed by atoms with van der Waals surface area (Å²) in [5.41, 5.74) is 0. The average molecular weight is 180 g/mol. The maximum absolute atomic E-state index is 2.50. The third-order valence-electron chi connectivity index (χ3n) is 4.63. The topological polar surface area (TPSA) is 0 Å². The van der Waals surface area contributed by atoms with Gasteiger partial charge in [0.05, 0.1) is 0 Å². The second-order valence-electron chi connectivity index (χ2n) is 5.79. The third kappa shape index (κ3) is 1.78. The van der Waals surface area contributed by atoms with Gasteiger partial charge in [-0.05, 0) is 55.3 Å². The number of fused-ring (bicyclic) bond motifs is 1. The highest BCUT2D eigenvalue weighted by molar-refractivity contribution is 4.88. The molecule has 0 aromatic rings. The van der Waals surface area contributed by atoms with Gasteiger partial charge in [-0.15, -0.1) is 0 Å². The summed E-state index contributed by atoms with van der Waals surface area (Å²) < 4.78 is 0. The van der Waals surface area contributed by atoms with Crippen molar-refractivity contribution in [2.24, 2.45) is 29.6 Å². The summed E-state index contributed by atoms with van der Waals surface area (Å²) in [6.07, 6.45) is 7.56. The van der Waals surface area contributed by atoms with Gasteiger partial charge in [-0.2, -0.15) is 0 Å². The molecule has 0 amide bonds. The molecule has 0 bridgehead atoms. The van der Waals surface area contributed by atoms with E-state index in [2.05, 4.69) is 20.8 Å². The first-order valence-electron chi connectivity index (χ1n) is 6.18. The van der Waals surface area contributed by atoms with E-state index in [0.717, 1.165) is 29.6 Å². The Bertz CT molecular complexity index is 155. The predicted molar refractivity (Wildman–Crippen MR) is 57.6 cm³/mol. The standard InChI is InChI=1S/C13H24/c1-9-7-10(2)12-5-4-6-13(12)11(3)8-9/h9-13H,4-8H2,1-3H3. The van der Waals surface area contributed by atoms with Crippen molar-refractivity contribution in [3.63, 3.8) is 0 Å². The zero-order valence-corrected chi connectivity index (χ0v) is 9.42. The van der Waals surface area contributed by atoms with Crippen LogP contribution in [0, 0.1) is 29.6 Å². The first kappa shape index (κ1) is 9.55. The Hall–Kier alpha value is 0. The van der Waals surface area contributed by atoms with Crippen molar-refractivity contribution >= 4 is 0 Å². The summed E-state index contributed by atoms with van der Waals surface area (Å²) >= 11 is 0. The molecule has 2 aliphatic carbocycles. The van der Waals surface area contributed by atoms with Crippen LogP contribution in [-0.4, -0.2) is 0 Å². The monoisotopic (exact) mass is 180 g/mol. The molecule has 4 unspecified atom stereocenters. The maximum Gasteiger partial charge on any atom is -0.0357 e. The Kier molecular flexibility index (Phi) is 2.67. The first-order chi connectivity index (χ1) is 6.18. The van der Waals surface area contributed by atoms with E-state index in [1.54, 1.807) is 0 Å². The van der Waals surface area contributed by atoms with Crippen LogP contribution in [-0.2, 0) is 0 Å². The lowest BCUT2D eigenvalue weighted by Crippen LogP contribution is -2.18. The number of hydrogen-bond acceptors (Lipinski definition) is 0. The highest BCUT2D eigenvalue weighted by atomic mass is 14.4. The van der Waals surface area contributed by atoms with E-state index in [0.29, 0.717) is 0 Å². The lowest BCUT2D eigenvalue weighted by atomic mass is 9.80. The van der Waals surface area contributed by atoms with E-state index in [9.17, 15) is 0 Å². The molecule has 0 saturated heterocycles. The van der Waals surface area contributed by atoms with Gasteiger partial charge in [0.25, 0.3) is 0 Å². The van der Waals surface area contributed by atoms with Crippen molar-refractivity contribution in [1.82, 2.24) is 0 Å². The summed E-state index contributed by atoms with van der Waals surface area (Å²) in [6, 6.07) is 0. The van der Waals surface area contributed by atoms with Crippen LogP contribution in [0.2, 0.25) is 0 Å². The fourth-order valence-corrected chi connectivity index (χ4v) is 4.15. The fourth-order valence-electron chi connectivity index (χ4n) is 4.15. The largest absolute Gasteiger partial charge is 0.0625 e. The molecule has 0 radical (unpaired) electrons. The lowest BCUT2D eigenvalue weighted by molar-refractivity contribution is 0.235. The van der Waals surface area contributed by atoms with E-state index in [-0.39, 0.29) is 0 Å². The van der Waals surface area contributed by atoms with Gasteiger partial charge in [-0.3, -0.25) is 0 Å². The Labute approximate surface area is 83.1 Å². The molecule has 0 N–H and O–H groups in total. The van der Waals surface area contributed by atoms with E-state index in [4.69, 9.17) is 0 Å². The maximum atomic E-state index is 2.50. The van der Waals surface area contributed by atoms with Crippen LogP contribution in [0.15, 0.2) is 0 Å². The third-order valence-corrected chi connectivity index (χ3v) is 4.63. The molecule has 2 aliphatic rings. The Morgan fingerprint density at radius 3 is 1.69 bits per heavy atom. The molecular formula is C13H24. The zero-order valence-electron chi connectivity index (χ0n) is 9.42. The van der Waals surface area contributed by atoms with Crippen LogP contribution >= 0.6 is 0 Å². The molecule has 0 nitrogen and oxygen atoms in total.